The number of carbonyl (C=O) groups is 2. The third kappa shape index (κ3) is 4.40. The van der Waals surface area contributed by atoms with E-state index in [4.69, 9.17) is 4.74 Å². The molecule has 5 heteroatoms. The summed E-state index contributed by atoms with van der Waals surface area (Å²) >= 11 is 0. The molecule has 0 aliphatic carbocycles. The Hall–Kier alpha value is -1.26. The fourth-order valence-corrected chi connectivity index (χ4v) is 2.44. The van der Waals surface area contributed by atoms with Crippen molar-refractivity contribution >= 4 is 12.1 Å². The first-order chi connectivity index (χ1) is 8.76. The summed E-state index contributed by atoms with van der Waals surface area (Å²) in [4.78, 5) is 24.9. The van der Waals surface area contributed by atoms with Gasteiger partial charge in [-0.25, -0.2) is 9.59 Å². The molecular formula is C14H25NO4. The Labute approximate surface area is 114 Å². The summed E-state index contributed by atoms with van der Waals surface area (Å²) in [5.41, 5.74) is -0.599. The van der Waals surface area contributed by atoms with Gasteiger partial charge in [-0.2, -0.15) is 0 Å². The van der Waals surface area contributed by atoms with Gasteiger partial charge in [0.2, 0.25) is 0 Å². The van der Waals surface area contributed by atoms with Gasteiger partial charge in [-0.05, 0) is 40.0 Å². The molecule has 1 rings (SSSR count). The first-order valence-corrected chi connectivity index (χ1v) is 7.00. The molecule has 0 aromatic carbocycles. The van der Waals surface area contributed by atoms with Crippen molar-refractivity contribution in [2.75, 3.05) is 0 Å². The molecule has 1 aliphatic rings. The van der Waals surface area contributed by atoms with E-state index in [0.717, 1.165) is 25.7 Å². The van der Waals surface area contributed by atoms with E-state index in [2.05, 4.69) is 6.92 Å². The van der Waals surface area contributed by atoms with Crippen LogP contribution in [0.25, 0.3) is 0 Å². The van der Waals surface area contributed by atoms with E-state index in [1.165, 1.54) is 4.90 Å². The van der Waals surface area contributed by atoms with Crippen molar-refractivity contribution in [2.24, 2.45) is 0 Å². The van der Waals surface area contributed by atoms with Crippen LogP contribution in [0, 0.1) is 0 Å². The molecule has 1 saturated heterocycles. The van der Waals surface area contributed by atoms with Gasteiger partial charge in [-0.3, -0.25) is 4.90 Å². The Bertz CT molecular complexity index is 335. The molecular weight excluding hydrogens is 246 g/mol. The van der Waals surface area contributed by atoms with E-state index < -0.39 is 23.7 Å². The zero-order chi connectivity index (χ0) is 14.6. The van der Waals surface area contributed by atoms with Crippen molar-refractivity contribution in [3.63, 3.8) is 0 Å². The molecule has 1 aliphatic heterocycles. The lowest BCUT2D eigenvalue weighted by Gasteiger charge is -2.31. The lowest BCUT2D eigenvalue weighted by Crippen LogP contribution is -2.47. The second-order valence-corrected chi connectivity index (χ2v) is 6.12. The van der Waals surface area contributed by atoms with E-state index >= 15 is 0 Å². The van der Waals surface area contributed by atoms with Crippen LogP contribution in [-0.2, 0) is 9.53 Å². The van der Waals surface area contributed by atoms with Crippen LogP contribution in [-0.4, -0.2) is 39.8 Å². The molecule has 0 radical (unpaired) electrons. The van der Waals surface area contributed by atoms with Gasteiger partial charge in [0, 0.05) is 6.04 Å². The summed E-state index contributed by atoms with van der Waals surface area (Å²) < 4.78 is 5.34. The number of carboxylic acids is 1. The standard InChI is InChI=1S/C14H25NO4/c1-5-6-7-10-8-9-11(12(16)17)15(10)13(18)19-14(2,3)4/h10-11H,5-9H2,1-4H3,(H,16,17)/t10-,11-/m0/s1. The predicted octanol–water partition coefficient (Wildman–Crippen LogP) is 3.03. The number of hydrogen-bond acceptors (Lipinski definition) is 3. The Kier molecular flexibility index (Phi) is 5.20. The Morgan fingerprint density at radius 1 is 1.32 bits per heavy atom. The molecule has 1 fully saturated rings. The number of carbonyl (C=O) groups excluding carboxylic acids is 1. The highest BCUT2D eigenvalue weighted by Gasteiger charge is 2.42. The van der Waals surface area contributed by atoms with Crippen LogP contribution in [0.1, 0.15) is 59.8 Å². The predicted molar refractivity (Wildman–Crippen MR) is 72.0 cm³/mol. The zero-order valence-electron chi connectivity index (χ0n) is 12.3. The molecule has 1 N–H and O–H groups in total. The maximum Gasteiger partial charge on any atom is 0.411 e. The molecule has 0 bridgehead atoms. The van der Waals surface area contributed by atoms with Crippen LogP contribution in [0.2, 0.25) is 0 Å². The van der Waals surface area contributed by atoms with Crippen molar-refractivity contribution < 1.29 is 19.4 Å². The molecule has 110 valence electrons. The van der Waals surface area contributed by atoms with Crippen molar-refractivity contribution in [3.8, 4) is 0 Å². The van der Waals surface area contributed by atoms with E-state index in [-0.39, 0.29) is 6.04 Å². The fourth-order valence-electron chi connectivity index (χ4n) is 2.44. The van der Waals surface area contributed by atoms with Gasteiger partial charge < -0.3 is 9.84 Å². The fraction of sp³-hybridized carbons (Fsp3) is 0.857. The van der Waals surface area contributed by atoms with Gasteiger partial charge >= 0.3 is 12.1 Å². The average molecular weight is 271 g/mol. The maximum atomic E-state index is 12.2. The highest BCUT2D eigenvalue weighted by molar-refractivity contribution is 5.81. The van der Waals surface area contributed by atoms with E-state index in [9.17, 15) is 14.7 Å². The Balaban J connectivity index is 2.79. The van der Waals surface area contributed by atoms with Crippen LogP contribution < -0.4 is 0 Å². The number of hydrogen-bond donors (Lipinski definition) is 1. The highest BCUT2D eigenvalue weighted by atomic mass is 16.6. The average Bonchev–Trinajstić information content (AvgIpc) is 2.67. The van der Waals surface area contributed by atoms with E-state index in [1.54, 1.807) is 20.8 Å². The number of aliphatic carboxylic acids is 1. The van der Waals surface area contributed by atoms with Crippen LogP contribution in [0.4, 0.5) is 4.79 Å². The minimum absolute atomic E-state index is 0.00380. The van der Waals surface area contributed by atoms with Crippen LogP contribution in [0.3, 0.4) is 0 Å². The number of likely N-dealkylation sites (tertiary alicyclic amines) is 1. The van der Waals surface area contributed by atoms with Crippen molar-refractivity contribution in [3.05, 3.63) is 0 Å². The second kappa shape index (κ2) is 6.26. The number of rotatable bonds is 4. The number of amides is 1. The summed E-state index contributed by atoms with van der Waals surface area (Å²) in [6, 6.07) is -0.743. The number of ether oxygens (including phenoxy) is 1. The van der Waals surface area contributed by atoms with Crippen LogP contribution in [0.15, 0.2) is 0 Å². The van der Waals surface area contributed by atoms with Crippen molar-refractivity contribution in [1.82, 2.24) is 4.90 Å². The molecule has 1 heterocycles. The Morgan fingerprint density at radius 2 is 1.95 bits per heavy atom. The lowest BCUT2D eigenvalue weighted by atomic mass is 10.1. The largest absolute Gasteiger partial charge is 0.480 e. The van der Waals surface area contributed by atoms with Gasteiger partial charge in [0.05, 0.1) is 0 Å². The van der Waals surface area contributed by atoms with Gasteiger partial charge in [-0.1, -0.05) is 19.8 Å². The van der Waals surface area contributed by atoms with Crippen molar-refractivity contribution in [2.45, 2.75) is 77.5 Å². The smallest absolute Gasteiger partial charge is 0.411 e. The quantitative estimate of drug-likeness (QED) is 0.853. The third-order valence-electron chi connectivity index (χ3n) is 3.28. The topological polar surface area (TPSA) is 66.8 Å². The second-order valence-electron chi connectivity index (χ2n) is 6.12. The summed E-state index contributed by atoms with van der Waals surface area (Å²) in [7, 11) is 0. The molecule has 5 nitrogen and oxygen atoms in total. The SMILES string of the molecule is CCCC[C@H]1CC[C@@H](C(=O)O)N1C(=O)OC(C)(C)C. The summed E-state index contributed by atoms with van der Waals surface area (Å²) in [5, 5.41) is 9.22. The van der Waals surface area contributed by atoms with Crippen LogP contribution in [0.5, 0.6) is 0 Å². The molecule has 19 heavy (non-hydrogen) atoms. The number of nitrogens with zero attached hydrogens (tertiary/aromatic N) is 1. The highest BCUT2D eigenvalue weighted by Crippen LogP contribution is 2.29. The van der Waals surface area contributed by atoms with Crippen LogP contribution >= 0.6 is 0 Å². The normalized spacial score (nSPS) is 23.5. The van der Waals surface area contributed by atoms with Gasteiger partial charge in [0.25, 0.3) is 0 Å². The minimum Gasteiger partial charge on any atom is -0.480 e. The number of unbranched alkanes of at least 4 members (excludes halogenated alkanes) is 1. The summed E-state index contributed by atoms with van der Waals surface area (Å²) in [6.07, 6.45) is 3.64. The minimum atomic E-state index is -0.940. The monoisotopic (exact) mass is 271 g/mol. The lowest BCUT2D eigenvalue weighted by molar-refractivity contribution is -0.142. The summed E-state index contributed by atoms with van der Waals surface area (Å²) in [5.74, 6) is -0.940. The van der Waals surface area contributed by atoms with Gasteiger partial charge in [0.15, 0.2) is 0 Å². The van der Waals surface area contributed by atoms with Gasteiger partial charge in [-0.15, -0.1) is 0 Å². The molecule has 0 aromatic rings. The number of carboxylic acid groups (broad SMARTS) is 1. The molecule has 0 unspecified atom stereocenters. The first-order valence-electron chi connectivity index (χ1n) is 7.00. The van der Waals surface area contributed by atoms with Crippen molar-refractivity contribution in [1.29, 1.82) is 0 Å². The Morgan fingerprint density at radius 3 is 2.42 bits per heavy atom. The van der Waals surface area contributed by atoms with E-state index in [1.807, 2.05) is 0 Å². The molecule has 2 atom stereocenters. The molecule has 0 saturated carbocycles. The summed E-state index contributed by atoms with van der Waals surface area (Å²) in [6.45, 7) is 7.45. The zero-order valence-corrected chi connectivity index (χ0v) is 12.3. The van der Waals surface area contributed by atoms with Gasteiger partial charge in [0.1, 0.15) is 11.6 Å². The third-order valence-corrected chi connectivity index (χ3v) is 3.28. The van der Waals surface area contributed by atoms with E-state index in [0.29, 0.717) is 6.42 Å². The maximum absolute atomic E-state index is 12.2. The molecule has 0 aromatic heterocycles. The first kappa shape index (κ1) is 15.8. The molecule has 1 amide bonds. The molecule has 0 spiro atoms.